The van der Waals surface area contributed by atoms with E-state index < -0.39 is 0 Å². The normalized spacial score (nSPS) is 11.3. The summed E-state index contributed by atoms with van der Waals surface area (Å²) >= 11 is 3.41. The summed E-state index contributed by atoms with van der Waals surface area (Å²) in [6.07, 6.45) is 0. The number of halogens is 1. The van der Waals surface area contributed by atoms with E-state index in [1.807, 2.05) is 36.4 Å². The number of hydrogen-bond donors (Lipinski definition) is 0. The minimum Gasteiger partial charge on any atom is -0.457 e. The Labute approximate surface area is 117 Å². The van der Waals surface area contributed by atoms with Gasteiger partial charge in [0.15, 0.2) is 0 Å². The molecule has 94 valence electrons. The van der Waals surface area contributed by atoms with Crippen LogP contribution in [0, 0.1) is 0 Å². The van der Waals surface area contributed by atoms with Crippen molar-refractivity contribution in [3.63, 3.8) is 0 Å². The van der Waals surface area contributed by atoms with Gasteiger partial charge >= 0.3 is 0 Å². The van der Waals surface area contributed by atoms with Crippen LogP contribution in [0.25, 0.3) is 0 Å². The van der Waals surface area contributed by atoms with Gasteiger partial charge in [-0.2, -0.15) is 0 Å². The van der Waals surface area contributed by atoms with Gasteiger partial charge in [0.2, 0.25) is 0 Å². The Morgan fingerprint density at radius 2 is 1.22 bits per heavy atom. The molecule has 0 saturated heterocycles. The molecule has 0 fully saturated rings. The lowest BCUT2D eigenvalue weighted by atomic mass is 9.87. The number of rotatable bonds is 2. The SMILES string of the molecule is CC(C)(C)c1ccc(Oc2ccc(Br)cc2)cc1. The fraction of sp³-hybridized carbons (Fsp3) is 0.250. The summed E-state index contributed by atoms with van der Waals surface area (Å²) in [7, 11) is 0. The van der Waals surface area contributed by atoms with Crippen LogP contribution in [-0.4, -0.2) is 0 Å². The predicted octanol–water partition coefficient (Wildman–Crippen LogP) is 5.54. The average Bonchev–Trinajstić information content (AvgIpc) is 2.32. The third-order valence-corrected chi connectivity index (χ3v) is 3.30. The molecule has 0 bridgehead atoms. The molecule has 0 amide bonds. The maximum atomic E-state index is 5.78. The molecule has 18 heavy (non-hydrogen) atoms. The van der Waals surface area contributed by atoms with E-state index in [9.17, 15) is 0 Å². The first-order valence-electron chi connectivity index (χ1n) is 5.99. The molecular formula is C16H17BrO. The maximum Gasteiger partial charge on any atom is 0.127 e. The molecule has 0 unspecified atom stereocenters. The Morgan fingerprint density at radius 3 is 1.67 bits per heavy atom. The van der Waals surface area contributed by atoms with Crippen molar-refractivity contribution in [2.24, 2.45) is 0 Å². The highest BCUT2D eigenvalue weighted by molar-refractivity contribution is 9.10. The van der Waals surface area contributed by atoms with E-state index in [0.29, 0.717) is 0 Å². The first-order chi connectivity index (χ1) is 8.45. The van der Waals surface area contributed by atoms with Crippen molar-refractivity contribution in [2.45, 2.75) is 26.2 Å². The fourth-order valence-corrected chi connectivity index (χ4v) is 1.93. The zero-order valence-electron chi connectivity index (χ0n) is 10.9. The Hall–Kier alpha value is -1.28. The molecule has 0 spiro atoms. The van der Waals surface area contributed by atoms with Gasteiger partial charge in [-0.05, 0) is 47.4 Å². The van der Waals surface area contributed by atoms with Gasteiger partial charge < -0.3 is 4.74 Å². The summed E-state index contributed by atoms with van der Waals surface area (Å²) in [5, 5.41) is 0. The van der Waals surface area contributed by atoms with Crippen LogP contribution in [-0.2, 0) is 5.41 Å². The van der Waals surface area contributed by atoms with Crippen LogP contribution in [0.3, 0.4) is 0 Å². The lowest BCUT2D eigenvalue weighted by molar-refractivity contribution is 0.481. The summed E-state index contributed by atoms with van der Waals surface area (Å²) in [4.78, 5) is 0. The van der Waals surface area contributed by atoms with E-state index in [2.05, 4.69) is 48.8 Å². The molecule has 0 radical (unpaired) electrons. The third kappa shape index (κ3) is 3.36. The van der Waals surface area contributed by atoms with Crippen molar-refractivity contribution in [1.82, 2.24) is 0 Å². The smallest absolute Gasteiger partial charge is 0.127 e. The highest BCUT2D eigenvalue weighted by Gasteiger charge is 2.12. The molecular weight excluding hydrogens is 288 g/mol. The quantitative estimate of drug-likeness (QED) is 0.708. The molecule has 1 nitrogen and oxygen atoms in total. The highest BCUT2D eigenvalue weighted by atomic mass is 79.9. The molecule has 0 aliphatic heterocycles. The van der Waals surface area contributed by atoms with Crippen molar-refractivity contribution < 1.29 is 4.74 Å². The van der Waals surface area contributed by atoms with Crippen LogP contribution >= 0.6 is 15.9 Å². The van der Waals surface area contributed by atoms with Crippen LogP contribution < -0.4 is 4.74 Å². The number of benzene rings is 2. The maximum absolute atomic E-state index is 5.78. The molecule has 0 saturated carbocycles. The second-order valence-electron chi connectivity index (χ2n) is 5.33. The van der Waals surface area contributed by atoms with Gasteiger partial charge in [0.1, 0.15) is 11.5 Å². The van der Waals surface area contributed by atoms with Gasteiger partial charge in [-0.3, -0.25) is 0 Å². The topological polar surface area (TPSA) is 9.23 Å². The first-order valence-corrected chi connectivity index (χ1v) is 6.78. The Kier molecular flexibility index (Phi) is 3.76. The third-order valence-electron chi connectivity index (χ3n) is 2.77. The summed E-state index contributed by atoms with van der Waals surface area (Å²) in [5.74, 6) is 1.71. The monoisotopic (exact) mass is 304 g/mol. The Bertz CT molecular complexity index is 506. The second kappa shape index (κ2) is 5.15. The molecule has 2 aromatic rings. The Morgan fingerprint density at radius 1 is 0.778 bits per heavy atom. The fourth-order valence-electron chi connectivity index (χ4n) is 1.66. The van der Waals surface area contributed by atoms with Gasteiger partial charge in [0.05, 0.1) is 0 Å². The minimum absolute atomic E-state index is 0.177. The van der Waals surface area contributed by atoms with E-state index in [1.165, 1.54) is 5.56 Å². The molecule has 0 aromatic heterocycles. The lowest BCUT2D eigenvalue weighted by Crippen LogP contribution is -2.10. The van der Waals surface area contributed by atoms with Crippen LogP contribution in [0.1, 0.15) is 26.3 Å². The van der Waals surface area contributed by atoms with Crippen molar-refractivity contribution in [1.29, 1.82) is 0 Å². The average molecular weight is 305 g/mol. The van der Waals surface area contributed by atoms with Crippen molar-refractivity contribution in [3.8, 4) is 11.5 Å². The zero-order chi connectivity index (χ0) is 13.2. The second-order valence-corrected chi connectivity index (χ2v) is 6.25. The van der Waals surface area contributed by atoms with Crippen molar-refractivity contribution in [3.05, 3.63) is 58.6 Å². The molecule has 0 aliphatic rings. The molecule has 2 heteroatoms. The molecule has 2 aromatic carbocycles. The highest BCUT2D eigenvalue weighted by Crippen LogP contribution is 2.27. The summed E-state index contributed by atoms with van der Waals surface area (Å²) in [6.45, 7) is 6.62. The summed E-state index contributed by atoms with van der Waals surface area (Å²) < 4.78 is 6.83. The van der Waals surface area contributed by atoms with Gasteiger partial charge in [0, 0.05) is 4.47 Å². The Balaban J connectivity index is 2.13. The summed E-state index contributed by atoms with van der Waals surface area (Å²) in [5.41, 5.74) is 1.49. The van der Waals surface area contributed by atoms with E-state index in [1.54, 1.807) is 0 Å². The number of ether oxygens (including phenoxy) is 1. The van der Waals surface area contributed by atoms with E-state index >= 15 is 0 Å². The van der Waals surface area contributed by atoms with Gasteiger partial charge in [-0.25, -0.2) is 0 Å². The van der Waals surface area contributed by atoms with Crippen LogP contribution in [0.5, 0.6) is 11.5 Å². The van der Waals surface area contributed by atoms with E-state index in [0.717, 1.165) is 16.0 Å². The van der Waals surface area contributed by atoms with Gasteiger partial charge in [-0.1, -0.05) is 48.8 Å². The van der Waals surface area contributed by atoms with Crippen LogP contribution in [0.15, 0.2) is 53.0 Å². The van der Waals surface area contributed by atoms with E-state index in [-0.39, 0.29) is 5.41 Å². The van der Waals surface area contributed by atoms with Crippen molar-refractivity contribution >= 4 is 15.9 Å². The van der Waals surface area contributed by atoms with Gasteiger partial charge in [0.25, 0.3) is 0 Å². The lowest BCUT2D eigenvalue weighted by Gasteiger charge is -2.19. The molecule has 0 N–H and O–H groups in total. The zero-order valence-corrected chi connectivity index (χ0v) is 12.5. The van der Waals surface area contributed by atoms with Crippen molar-refractivity contribution in [2.75, 3.05) is 0 Å². The largest absolute Gasteiger partial charge is 0.457 e. The van der Waals surface area contributed by atoms with Crippen LogP contribution in [0.2, 0.25) is 0 Å². The van der Waals surface area contributed by atoms with Gasteiger partial charge in [-0.15, -0.1) is 0 Å². The molecule has 0 atom stereocenters. The molecule has 0 heterocycles. The summed E-state index contributed by atoms with van der Waals surface area (Å²) in [6, 6.07) is 16.1. The molecule has 2 rings (SSSR count). The minimum atomic E-state index is 0.177. The first kappa shape index (κ1) is 13.2. The number of hydrogen-bond acceptors (Lipinski definition) is 1. The standard InChI is InChI=1S/C16H17BrO/c1-16(2,3)12-4-8-14(9-5-12)18-15-10-6-13(17)7-11-15/h4-11H,1-3H3. The molecule has 0 aliphatic carbocycles. The predicted molar refractivity (Wildman–Crippen MR) is 79.4 cm³/mol. The van der Waals surface area contributed by atoms with Crippen LogP contribution in [0.4, 0.5) is 0 Å². The van der Waals surface area contributed by atoms with E-state index in [4.69, 9.17) is 4.74 Å².